The molecule has 16 nitrogen and oxygen atoms in total. The van der Waals surface area contributed by atoms with Crippen LogP contribution in [-0.4, -0.2) is 111 Å². The highest BCUT2D eigenvalue weighted by Crippen LogP contribution is 2.34. The first-order chi connectivity index (χ1) is 30.7. The summed E-state index contributed by atoms with van der Waals surface area (Å²) < 4.78 is 32.6. The molecule has 5 aromatic rings. The third-order valence-corrected chi connectivity index (χ3v) is 16.6. The molecular weight excluding hydrogens is 856 g/mol. The zero-order valence-corrected chi connectivity index (χ0v) is 38.5. The molecule has 1 atom stereocenters. The zero-order valence-electron chi connectivity index (χ0n) is 36.9. The number of carbonyl (C=O) groups is 2. The second kappa shape index (κ2) is 17.7. The minimum absolute atomic E-state index is 0.110. The summed E-state index contributed by atoms with van der Waals surface area (Å²) in [6, 6.07) is 12.2. The Labute approximate surface area is 377 Å². The molecular formula is C46H57ClN10O6S. The second-order valence-electron chi connectivity index (χ2n) is 18.4. The Morgan fingerprint density at radius 2 is 1.64 bits per heavy atom. The van der Waals surface area contributed by atoms with E-state index in [9.17, 15) is 27.6 Å². The number of likely N-dealkylation sites (tertiary alicyclic amines) is 2. The number of para-hydroxylation sites is 1. The first-order valence-electron chi connectivity index (χ1n) is 22.6. The minimum atomic E-state index is -3.54. The molecule has 4 fully saturated rings. The van der Waals surface area contributed by atoms with Crippen LogP contribution in [0.5, 0.6) is 0 Å². The second-order valence-corrected chi connectivity index (χ2v) is 21.0. The minimum Gasteiger partial charge on any atom is -0.370 e. The van der Waals surface area contributed by atoms with Crippen LogP contribution >= 0.6 is 11.6 Å². The van der Waals surface area contributed by atoms with E-state index in [2.05, 4.69) is 41.4 Å². The van der Waals surface area contributed by atoms with Gasteiger partial charge >= 0.3 is 5.69 Å². The van der Waals surface area contributed by atoms with Gasteiger partial charge in [-0.05, 0) is 140 Å². The lowest BCUT2D eigenvalue weighted by atomic mass is 9.93. The SMILES string of the molecule is Cc1cc(S(=O)(=O)C2CCN(C3CCN(CC4CCN(c5cccc6c5n(C)c(=O)n6C5CCC(=O)NC5=O)CC4)CC3)CC2)ccc1Nc1ncc2cc(Cl)c(=O)n(C(C)C)c2n1. The Morgan fingerprint density at radius 1 is 0.906 bits per heavy atom. The van der Waals surface area contributed by atoms with Gasteiger partial charge in [0.2, 0.25) is 17.8 Å². The smallest absolute Gasteiger partial charge is 0.329 e. The molecule has 4 saturated heterocycles. The van der Waals surface area contributed by atoms with Crippen LogP contribution < -0.4 is 26.8 Å². The molecule has 64 heavy (non-hydrogen) atoms. The Hall–Kier alpha value is -5.10. The van der Waals surface area contributed by atoms with E-state index in [-0.39, 0.29) is 34.6 Å². The molecule has 7 heterocycles. The number of aromatic nitrogens is 5. The van der Waals surface area contributed by atoms with Crippen molar-refractivity contribution in [3.8, 4) is 0 Å². The van der Waals surface area contributed by atoms with E-state index in [0.717, 1.165) is 88.3 Å². The number of nitrogens with one attached hydrogen (secondary N) is 2. The standard InChI is InChI=1S/C46H57ClN10O6S/c1-28(2)56-42-31(25-35(47)44(56)60)26-48-45(51-42)49-36-9-8-34(24-29(36)3)64(62,63)33-16-22-54(23-17-33)32-14-18-53(19-15-32)27-30-12-20-55(21-13-30)37-6-5-7-38-41(37)52(4)46(61)57(38)39-10-11-40(58)50-43(39)59/h5-9,24-26,28,30,32-33,39H,10-23,27H2,1-4H3,(H,48,49,51)(H,50,58,59). The number of pyridine rings is 1. The molecule has 0 saturated carbocycles. The van der Waals surface area contributed by atoms with Gasteiger partial charge in [0.25, 0.3) is 5.56 Å². The fourth-order valence-corrected chi connectivity index (χ4v) is 12.6. The number of aryl methyl sites for hydroxylation is 2. The van der Waals surface area contributed by atoms with Crippen molar-refractivity contribution in [2.45, 2.75) is 100 Å². The average Bonchev–Trinajstić information content (AvgIpc) is 3.53. The fourth-order valence-electron chi connectivity index (χ4n) is 10.5. The molecule has 340 valence electrons. The summed E-state index contributed by atoms with van der Waals surface area (Å²) in [5.41, 5.74) is 3.87. The Bertz CT molecular complexity index is 2850. The number of amides is 2. The third kappa shape index (κ3) is 8.35. The number of carbonyl (C=O) groups excluding carboxylic acids is 2. The van der Waals surface area contributed by atoms with Gasteiger partial charge < -0.3 is 20.0 Å². The van der Waals surface area contributed by atoms with Crippen molar-refractivity contribution in [2.75, 3.05) is 56.0 Å². The van der Waals surface area contributed by atoms with Gasteiger partial charge in [0.05, 0.1) is 26.9 Å². The molecule has 0 bridgehead atoms. The summed E-state index contributed by atoms with van der Waals surface area (Å²) >= 11 is 6.18. The highest BCUT2D eigenvalue weighted by molar-refractivity contribution is 7.92. The highest BCUT2D eigenvalue weighted by atomic mass is 35.5. The van der Waals surface area contributed by atoms with Gasteiger partial charge in [0.1, 0.15) is 16.7 Å². The van der Waals surface area contributed by atoms with Crippen LogP contribution in [0.4, 0.5) is 17.3 Å². The molecule has 2 N–H and O–H groups in total. The molecule has 0 spiro atoms. The van der Waals surface area contributed by atoms with Crippen LogP contribution in [0.1, 0.15) is 82.9 Å². The number of imidazole rings is 1. The van der Waals surface area contributed by atoms with Crippen LogP contribution in [0.2, 0.25) is 5.02 Å². The number of halogens is 1. The van der Waals surface area contributed by atoms with E-state index in [4.69, 9.17) is 11.6 Å². The molecule has 0 aliphatic carbocycles. The maximum absolute atomic E-state index is 13.9. The normalized spacial score (nSPS) is 20.5. The Kier molecular flexibility index (Phi) is 12.2. The summed E-state index contributed by atoms with van der Waals surface area (Å²) in [6.45, 7) is 12.1. The number of hydrogen-bond donors (Lipinski definition) is 2. The fraction of sp³-hybridized carbons (Fsp3) is 0.522. The van der Waals surface area contributed by atoms with Crippen molar-refractivity contribution in [1.82, 2.24) is 38.8 Å². The first kappa shape index (κ1) is 44.1. The van der Waals surface area contributed by atoms with E-state index in [1.807, 2.05) is 32.9 Å². The van der Waals surface area contributed by atoms with Crippen molar-refractivity contribution in [1.29, 1.82) is 0 Å². The van der Waals surface area contributed by atoms with Crippen molar-refractivity contribution >= 4 is 72.6 Å². The van der Waals surface area contributed by atoms with Crippen LogP contribution in [0, 0.1) is 12.8 Å². The largest absolute Gasteiger partial charge is 0.370 e. The van der Waals surface area contributed by atoms with E-state index in [1.54, 1.807) is 51.2 Å². The van der Waals surface area contributed by atoms with E-state index < -0.39 is 27.0 Å². The molecule has 4 aliphatic rings. The zero-order chi connectivity index (χ0) is 45.0. The lowest BCUT2D eigenvalue weighted by Crippen LogP contribution is -2.50. The number of anilines is 3. The van der Waals surface area contributed by atoms with E-state index in [1.165, 1.54) is 0 Å². The molecule has 2 amide bonds. The molecule has 0 radical (unpaired) electrons. The topological polar surface area (TPSA) is 177 Å². The van der Waals surface area contributed by atoms with Gasteiger partial charge in [-0.25, -0.2) is 18.2 Å². The van der Waals surface area contributed by atoms with Gasteiger partial charge in [-0.2, -0.15) is 4.98 Å². The lowest BCUT2D eigenvalue weighted by molar-refractivity contribution is -0.135. The van der Waals surface area contributed by atoms with Gasteiger partial charge in [0, 0.05) is 62.5 Å². The van der Waals surface area contributed by atoms with Crippen molar-refractivity contribution < 1.29 is 18.0 Å². The van der Waals surface area contributed by atoms with Crippen LogP contribution in [0.25, 0.3) is 22.1 Å². The third-order valence-electron chi connectivity index (χ3n) is 14.1. The average molecular weight is 914 g/mol. The molecule has 18 heteroatoms. The number of piperidine rings is 4. The lowest BCUT2D eigenvalue weighted by Gasteiger charge is -2.43. The number of nitrogens with zero attached hydrogens (tertiary/aromatic N) is 8. The Morgan fingerprint density at radius 3 is 2.33 bits per heavy atom. The number of imide groups is 1. The van der Waals surface area contributed by atoms with Crippen molar-refractivity contribution in [3.63, 3.8) is 0 Å². The van der Waals surface area contributed by atoms with Gasteiger partial charge in [-0.1, -0.05) is 17.7 Å². The van der Waals surface area contributed by atoms with Crippen molar-refractivity contribution in [2.24, 2.45) is 13.0 Å². The van der Waals surface area contributed by atoms with Crippen LogP contribution in [0.15, 0.2) is 63.1 Å². The van der Waals surface area contributed by atoms with Crippen LogP contribution in [0.3, 0.4) is 0 Å². The highest BCUT2D eigenvalue weighted by Gasteiger charge is 2.36. The molecule has 3 aromatic heterocycles. The Balaban J connectivity index is 0.754. The van der Waals surface area contributed by atoms with E-state index in [0.29, 0.717) is 64.3 Å². The molecule has 4 aliphatic heterocycles. The number of rotatable bonds is 10. The van der Waals surface area contributed by atoms with Crippen LogP contribution in [-0.2, 0) is 26.5 Å². The maximum atomic E-state index is 13.9. The summed E-state index contributed by atoms with van der Waals surface area (Å²) in [5, 5.41) is 5.94. The monoisotopic (exact) mass is 912 g/mol. The number of benzene rings is 2. The molecule has 9 rings (SSSR count). The van der Waals surface area contributed by atoms with Gasteiger partial charge in [0.15, 0.2) is 9.84 Å². The molecule has 2 aromatic carbocycles. The van der Waals surface area contributed by atoms with Gasteiger partial charge in [-0.15, -0.1) is 0 Å². The predicted octanol–water partition coefficient (Wildman–Crippen LogP) is 5.33. The van der Waals surface area contributed by atoms with E-state index >= 15 is 0 Å². The summed E-state index contributed by atoms with van der Waals surface area (Å²) in [5.74, 6) is 0.148. The first-order valence-corrected chi connectivity index (χ1v) is 24.5. The quantitative estimate of drug-likeness (QED) is 0.173. The maximum Gasteiger partial charge on any atom is 0.329 e. The number of sulfone groups is 1. The summed E-state index contributed by atoms with van der Waals surface area (Å²) in [4.78, 5) is 67.6. The predicted molar refractivity (Wildman–Crippen MR) is 248 cm³/mol. The number of fused-ring (bicyclic) bond motifs is 2. The van der Waals surface area contributed by atoms with Crippen molar-refractivity contribution in [3.05, 3.63) is 80.1 Å². The number of hydrogen-bond acceptors (Lipinski definition) is 12. The molecule has 1 unspecified atom stereocenters. The van der Waals surface area contributed by atoms with Gasteiger partial charge in [-0.3, -0.25) is 33.4 Å². The summed E-state index contributed by atoms with van der Waals surface area (Å²) in [6.07, 6.45) is 7.62. The summed E-state index contributed by atoms with van der Waals surface area (Å²) in [7, 11) is -1.78.